The monoisotopic (exact) mass is 202 g/mol. The van der Waals surface area contributed by atoms with Gasteiger partial charge in [-0.1, -0.05) is 18.2 Å². The third-order valence-corrected chi connectivity index (χ3v) is 1.91. The number of carbonyl (C=O) groups excluding carboxylic acids is 1. The molecule has 0 aromatic heterocycles. The first-order valence-corrected chi connectivity index (χ1v) is 4.60. The Morgan fingerprint density at radius 1 is 1.33 bits per heavy atom. The van der Waals surface area contributed by atoms with E-state index in [-0.39, 0.29) is 5.91 Å². The van der Waals surface area contributed by atoms with Crippen molar-refractivity contribution in [3.63, 3.8) is 0 Å². The molecule has 0 aliphatic carbocycles. The second kappa shape index (κ2) is 4.41. The average Bonchev–Trinajstić information content (AvgIpc) is 2.80. The summed E-state index contributed by atoms with van der Waals surface area (Å²) in [5, 5.41) is 3.83. The lowest BCUT2D eigenvalue weighted by Gasteiger charge is -2.00. The zero-order chi connectivity index (χ0) is 10.5. The van der Waals surface area contributed by atoms with Gasteiger partial charge in [-0.2, -0.15) is 0 Å². The molecule has 0 unspecified atom stereocenters. The standard InChI is InChI=1S/C11H10N2O2/c14-11(9-5-2-1-3-6-9)13-12-10-7-4-8-15-10/h1-6,8H,7H2,(H,13,14). The van der Waals surface area contributed by atoms with Crippen molar-refractivity contribution in [1.82, 2.24) is 5.43 Å². The molecule has 4 nitrogen and oxygen atoms in total. The van der Waals surface area contributed by atoms with Gasteiger partial charge in [0.15, 0.2) is 0 Å². The van der Waals surface area contributed by atoms with Crippen LogP contribution in [0.5, 0.6) is 0 Å². The Balaban J connectivity index is 1.96. The molecular weight excluding hydrogens is 192 g/mol. The second-order valence-corrected chi connectivity index (χ2v) is 3.01. The highest BCUT2D eigenvalue weighted by Crippen LogP contribution is 2.02. The quantitative estimate of drug-likeness (QED) is 0.741. The van der Waals surface area contributed by atoms with Crippen LogP contribution in [0.2, 0.25) is 0 Å². The number of nitrogens with zero attached hydrogens (tertiary/aromatic N) is 1. The Morgan fingerprint density at radius 3 is 2.80 bits per heavy atom. The number of nitrogens with one attached hydrogen (secondary N) is 1. The summed E-state index contributed by atoms with van der Waals surface area (Å²) in [5.41, 5.74) is 3.00. The summed E-state index contributed by atoms with van der Waals surface area (Å²) < 4.78 is 4.99. The Bertz CT molecular complexity index is 400. The summed E-state index contributed by atoms with van der Waals surface area (Å²) in [7, 11) is 0. The summed E-state index contributed by atoms with van der Waals surface area (Å²) >= 11 is 0. The van der Waals surface area contributed by atoms with Crippen molar-refractivity contribution in [2.24, 2.45) is 5.10 Å². The zero-order valence-corrected chi connectivity index (χ0v) is 8.01. The van der Waals surface area contributed by atoms with Crippen molar-refractivity contribution < 1.29 is 9.53 Å². The maximum atomic E-state index is 11.5. The van der Waals surface area contributed by atoms with Crippen LogP contribution in [-0.2, 0) is 4.74 Å². The molecule has 0 saturated carbocycles. The molecule has 0 radical (unpaired) electrons. The fourth-order valence-electron chi connectivity index (χ4n) is 1.16. The van der Waals surface area contributed by atoms with Gasteiger partial charge in [0, 0.05) is 12.0 Å². The highest BCUT2D eigenvalue weighted by Gasteiger charge is 2.06. The number of carbonyl (C=O) groups is 1. The molecule has 1 aromatic carbocycles. The van der Waals surface area contributed by atoms with Crippen molar-refractivity contribution in [3.05, 3.63) is 48.2 Å². The zero-order valence-electron chi connectivity index (χ0n) is 8.01. The summed E-state index contributed by atoms with van der Waals surface area (Å²) in [5.74, 6) is 0.262. The third kappa shape index (κ3) is 2.43. The van der Waals surface area contributed by atoms with Crippen molar-refractivity contribution in [3.8, 4) is 0 Å². The smallest absolute Gasteiger partial charge is 0.271 e. The lowest BCUT2D eigenvalue weighted by molar-refractivity contribution is 0.0953. The predicted octanol–water partition coefficient (Wildman–Crippen LogP) is 1.66. The van der Waals surface area contributed by atoms with E-state index in [1.54, 1.807) is 30.5 Å². The molecule has 1 N–H and O–H groups in total. The van der Waals surface area contributed by atoms with E-state index in [4.69, 9.17) is 4.74 Å². The van der Waals surface area contributed by atoms with Gasteiger partial charge in [0.25, 0.3) is 5.91 Å². The molecule has 1 aromatic rings. The van der Waals surface area contributed by atoms with Crippen molar-refractivity contribution >= 4 is 11.8 Å². The summed E-state index contributed by atoms with van der Waals surface area (Å²) in [6.07, 6.45) is 4.00. The Kier molecular flexibility index (Phi) is 2.78. The van der Waals surface area contributed by atoms with Crippen molar-refractivity contribution in [1.29, 1.82) is 0 Å². The number of hydrogen-bond acceptors (Lipinski definition) is 3. The molecule has 1 heterocycles. The first kappa shape index (κ1) is 9.45. The molecule has 2 rings (SSSR count). The van der Waals surface area contributed by atoms with Gasteiger partial charge in [0.1, 0.15) is 0 Å². The maximum absolute atomic E-state index is 11.5. The predicted molar refractivity (Wildman–Crippen MR) is 56.2 cm³/mol. The van der Waals surface area contributed by atoms with Gasteiger partial charge in [0.2, 0.25) is 5.90 Å². The maximum Gasteiger partial charge on any atom is 0.271 e. The first-order valence-electron chi connectivity index (χ1n) is 4.60. The summed E-state index contributed by atoms with van der Waals surface area (Å²) in [6.45, 7) is 0. The van der Waals surface area contributed by atoms with Gasteiger partial charge in [-0.05, 0) is 18.2 Å². The largest absolute Gasteiger partial charge is 0.449 e. The fraction of sp³-hybridized carbons (Fsp3) is 0.0909. The van der Waals surface area contributed by atoms with Gasteiger partial charge in [0.05, 0.1) is 6.26 Å². The number of rotatable bonds is 2. The molecule has 0 fully saturated rings. The number of benzene rings is 1. The van der Waals surface area contributed by atoms with E-state index in [2.05, 4.69) is 10.5 Å². The van der Waals surface area contributed by atoms with Gasteiger partial charge in [-0.25, -0.2) is 5.43 Å². The molecule has 4 heteroatoms. The molecule has 76 valence electrons. The Morgan fingerprint density at radius 2 is 2.13 bits per heavy atom. The van der Waals surface area contributed by atoms with E-state index in [0.29, 0.717) is 17.9 Å². The molecule has 0 atom stereocenters. The number of hydrogen-bond donors (Lipinski definition) is 1. The van der Waals surface area contributed by atoms with E-state index in [1.807, 2.05) is 12.1 Å². The van der Waals surface area contributed by atoms with E-state index in [1.165, 1.54) is 0 Å². The van der Waals surface area contributed by atoms with E-state index >= 15 is 0 Å². The topological polar surface area (TPSA) is 50.7 Å². The van der Waals surface area contributed by atoms with E-state index < -0.39 is 0 Å². The lowest BCUT2D eigenvalue weighted by atomic mass is 10.2. The van der Waals surface area contributed by atoms with Gasteiger partial charge in [-0.3, -0.25) is 4.79 Å². The average molecular weight is 202 g/mol. The molecule has 1 aliphatic rings. The Hall–Kier alpha value is -2.10. The first-order chi connectivity index (χ1) is 7.36. The minimum atomic E-state index is -0.237. The highest BCUT2D eigenvalue weighted by atomic mass is 16.5. The van der Waals surface area contributed by atoms with E-state index in [0.717, 1.165) is 0 Å². The molecule has 15 heavy (non-hydrogen) atoms. The van der Waals surface area contributed by atoms with Gasteiger partial charge >= 0.3 is 0 Å². The van der Waals surface area contributed by atoms with E-state index in [9.17, 15) is 4.79 Å². The minimum Gasteiger partial charge on any atom is -0.449 e. The molecule has 1 aliphatic heterocycles. The molecular formula is C11H10N2O2. The molecule has 0 saturated heterocycles. The van der Waals surface area contributed by atoms with Crippen LogP contribution in [0.3, 0.4) is 0 Å². The Labute approximate surface area is 87.3 Å². The van der Waals surface area contributed by atoms with Gasteiger partial charge in [-0.15, -0.1) is 5.10 Å². The number of amides is 1. The molecule has 0 bridgehead atoms. The minimum absolute atomic E-state index is 0.237. The third-order valence-electron chi connectivity index (χ3n) is 1.91. The second-order valence-electron chi connectivity index (χ2n) is 3.01. The van der Waals surface area contributed by atoms with Crippen molar-refractivity contribution in [2.75, 3.05) is 0 Å². The molecule has 0 spiro atoms. The van der Waals surface area contributed by atoms with Crippen LogP contribution in [0.1, 0.15) is 16.8 Å². The molecule has 1 amide bonds. The van der Waals surface area contributed by atoms with Crippen molar-refractivity contribution in [2.45, 2.75) is 6.42 Å². The van der Waals surface area contributed by atoms with Gasteiger partial charge < -0.3 is 4.74 Å². The van der Waals surface area contributed by atoms with Crippen LogP contribution in [0.25, 0.3) is 0 Å². The lowest BCUT2D eigenvalue weighted by Crippen LogP contribution is -2.19. The summed E-state index contributed by atoms with van der Waals surface area (Å²) in [4.78, 5) is 11.5. The SMILES string of the molecule is O=C(NN=C1CC=CO1)c1ccccc1. The van der Waals surface area contributed by atoms with Crippen LogP contribution in [0.15, 0.2) is 47.8 Å². The van der Waals surface area contributed by atoms with Crippen LogP contribution < -0.4 is 5.43 Å². The van der Waals surface area contributed by atoms with Crippen LogP contribution >= 0.6 is 0 Å². The number of ether oxygens (including phenoxy) is 1. The van der Waals surface area contributed by atoms with Crippen LogP contribution in [-0.4, -0.2) is 11.8 Å². The normalized spacial score (nSPS) is 16.4. The van der Waals surface area contributed by atoms with Crippen LogP contribution in [0.4, 0.5) is 0 Å². The summed E-state index contributed by atoms with van der Waals surface area (Å²) in [6, 6.07) is 8.91. The fourth-order valence-corrected chi connectivity index (χ4v) is 1.16. The van der Waals surface area contributed by atoms with Crippen LogP contribution in [0, 0.1) is 0 Å². The number of hydrazone groups is 1. The highest BCUT2D eigenvalue weighted by molar-refractivity contribution is 5.94.